The van der Waals surface area contributed by atoms with Crippen LogP contribution in [0.3, 0.4) is 0 Å². The van der Waals surface area contributed by atoms with Gasteiger partial charge < -0.3 is 4.57 Å². The van der Waals surface area contributed by atoms with Gasteiger partial charge in [-0.15, -0.1) is 0 Å². The summed E-state index contributed by atoms with van der Waals surface area (Å²) >= 11 is 8.03. The summed E-state index contributed by atoms with van der Waals surface area (Å²) in [4.78, 5) is 30.0. The first-order valence-corrected chi connectivity index (χ1v) is 12.3. The molecule has 3 aromatic rings. The second-order valence-corrected chi connectivity index (χ2v) is 9.39. The number of nitrogens with zero attached hydrogens (tertiary/aromatic N) is 4. The molecule has 0 saturated carbocycles. The van der Waals surface area contributed by atoms with Crippen LogP contribution in [0, 0.1) is 0 Å². The molecule has 0 saturated heterocycles. The van der Waals surface area contributed by atoms with E-state index < -0.39 is 0 Å². The summed E-state index contributed by atoms with van der Waals surface area (Å²) in [7, 11) is 3.16. The van der Waals surface area contributed by atoms with Gasteiger partial charge in [-0.2, -0.15) is 0 Å². The van der Waals surface area contributed by atoms with Gasteiger partial charge in [0.2, 0.25) is 0 Å². The van der Waals surface area contributed by atoms with Crippen LogP contribution in [-0.2, 0) is 20.6 Å². The number of halogens is 1. The third-order valence-corrected chi connectivity index (χ3v) is 7.01. The summed E-state index contributed by atoms with van der Waals surface area (Å²) in [6.07, 6.45) is 8.74. The second kappa shape index (κ2) is 11.0. The van der Waals surface area contributed by atoms with E-state index >= 15 is 0 Å². The highest BCUT2D eigenvalue weighted by molar-refractivity contribution is 7.99. The predicted molar refractivity (Wildman–Crippen MR) is 129 cm³/mol. The van der Waals surface area contributed by atoms with E-state index in [4.69, 9.17) is 16.6 Å². The number of rotatable bonds is 11. The number of unbranched alkanes of at least 4 members (excludes halogenated alkanes) is 6. The second-order valence-electron chi connectivity index (χ2n) is 7.92. The fourth-order valence-electron chi connectivity index (χ4n) is 3.70. The molecule has 6 nitrogen and oxygen atoms in total. The smallest absolute Gasteiger partial charge is 0.309 e. The molecule has 0 atom stereocenters. The molecule has 0 radical (unpaired) electrons. The Morgan fingerprint density at radius 1 is 0.968 bits per heavy atom. The van der Waals surface area contributed by atoms with Crippen molar-refractivity contribution in [3.05, 3.63) is 55.7 Å². The molecule has 0 N–H and O–H groups in total. The van der Waals surface area contributed by atoms with Crippen molar-refractivity contribution in [3.8, 4) is 0 Å². The Morgan fingerprint density at radius 2 is 1.65 bits per heavy atom. The number of hydrogen-bond donors (Lipinski definition) is 0. The lowest BCUT2D eigenvalue weighted by Gasteiger charge is -2.11. The summed E-state index contributed by atoms with van der Waals surface area (Å²) in [5, 5.41) is 1.40. The zero-order valence-electron chi connectivity index (χ0n) is 18.6. The number of aryl methyl sites for hydroxylation is 1. The van der Waals surface area contributed by atoms with Gasteiger partial charge in [0.15, 0.2) is 16.3 Å². The van der Waals surface area contributed by atoms with Gasteiger partial charge in [-0.25, -0.2) is 9.78 Å². The van der Waals surface area contributed by atoms with E-state index in [-0.39, 0.29) is 11.2 Å². The fourth-order valence-corrected chi connectivity index (χ4v) is 4.89. The van der Waals surface area contributed by atoms with Gasteiger partial charge >= 0.3 is 5.69 Å². The minimum absolute atomic E-state index is 0.333. The molecule has 0 fully saturated rings. The molecule has 2 aromatic heterocycles. The number of hydrogen-bond acceptors (Lipinski definition) is 4. The lowest BCUT2D eigenvalue weighted by Crippen LogP contribution is -2.37. The van der Waals surface area contributed by atoms with Crippen LogP contribution in [0.25, 0.3) is 11.2 Å². The maximum atomic E-state index is 13.0. The average Bonchev–Trinajstić information content (AvgIpc) is 3.12. The van der Waals surface area contributed by atoms with Crippen LogP contribution in [0.4, 0.5) is 0 Å². The first kappa shape index (κ1) is 23.7. The monoisotopic (exact) mass is 462 g/mol. The van der Waals surface area contributed by atoms with E-state index in [1.807, 2.05) is 28.8 Å². The molecule has 0 unspecified atom stereocenters. The Balaban J connectivity index is 1.87. The molecule has 8 heteroatoms. The molecule has 2 heterocycles. The predicted octanol–water partition coefficient (Wildman–Crippen LogP) is 4.98. The van der Waals surface area contributed by atoms with Gasteiger partial charge in [0.1, 0.15) is 0 Å². The van der Waals surface area contributed by atoms with Crippen molar-refractivity contribution in [2.45, 2.75) is 63.6 Å². The molecule has 31 heavy (non-hydrogen) atoms. The largest absolute Gasteiger partial charge is 0.332 e. The summed E-state index contributed by atoms with van der Waals surface area (Å²) < 4.78 is 4.49. The topological polar surface area (TPSA) is 61.8 Å². The number of imidazole rings is 1. The number of thioether (sulfide) groups is 1. The van der Waals surface area contributed by atoms with Gasteiger partial charge in [0.05, 0.1) is 6.54 Å². The van der Waals surface area contributed by atoms with Gasteiger partial charge in [0.25, 0.3) is 5.56 Å². The summed E-state index contributed by atoms with van der Waals surface area (Å²) in [5.74, 6) is 0.924. The SMILES string of the molecule is CCCCCCCCCSc1nc2c(c(=O)n(C)c(=O)n2C)n1Cc1ccccc1Cl. The number of benzene rings is 1. The van der Waals surface area contributed by atoms with Crippen molar-refractivity contribution in [2.75, 3.05) is 5.75 Å². The van der Waals surface area contributed by atoms with Gasteiger partial charge in [-0.1, -0.05) is 87.0 Å². The van der Waals surface area contributed by atoms with Crippen molar-refractivity contribution in [3.63, 3.8) is 0 Å². The zero-order chi connectivity index (χ0) is 22.4. The van der Waals surface area contributed by atoms with Crippen molar-refractivity contribution >= 4 is 34.5 Å². The third kappa shape index (κ3) is 5.44. The zero-order valence-corrected chi connectivity index (χ0v) is 20.1. The Hall–Kier alpha value is -1.99. The molecule has 0 bridgehead atoms. The minimum Gasteiger partial charge on any atom is -0.309 e. The highest BCUT2D eigenvalue weighted by atomic mass is 35.5. The maximum Gasteiger partial charge on any atom is 0.332 e. The fraction of sp³-hybridized carbons (Fsp3) is 0.522. The molecular weight excluding hydrogens is 432 g/mol. The van der Waals surface area contributed by atoms with Gasteiger partial charge in [-0.05, 0) is 18.1 Å². The molecule has 168 valence electrons. The van der Waals surface area contributed by atoms with E-state index in [0.29, 0.717) is 22.7 Å². The van der Waals surface area contributed by atoms with Crippen LogP contribution < -0.4 is 11.2 Å². The van der Waals surface area contributed by atoms with Crippen LogP contribution in [0.2, 0.25) is 5.02 Å². The van der Waals surface area contributed by atoms with E-state index in [1.54, 1.807) is 18.8 Å². The van der Waals surface area contributed by atoms with E-state index in [2.05, 4.69) is 6.92 Å². The standard InChI is InChI=1S/C23H31ClN4O2S/c1-4-5-6-7-8-9-12-15-31-22-25-20-19(21(29)27(3)23(30)26(20)2)28(22)16-17-13-10-11-14-18(17)24/h10-11,13-14H,4-9,12,15-16H2,1-3H3. The van der Waals surface area contributed by atoms with Crippen molar-refractivity contribution < 1.29 is 0 Å². The van der Waals surface area contributed by atoms with Crippen LogP contribution >= 0.6 is 23.4 Å². The van der Waals surface area contributed by atoms with Crippen LogP contribution in [0.15, 0.2) is 39.0 Å². The summed E-state index contributed by atoms with van der Waals surface area (Å²) in [5.41, 5.74) is 1.06. The lowest BCUT2D eigenvalue weighted by atomic mass is 10.1. The normalized spacial score (nSPS) is 11.5. The van der Waals surface area contributed by atoms with E-state index in [0.717, 1.165) is 27.5 Å². The Kier molecular flexibility index (Phi) is 8.43. The first-order valence-electron chi connectivity index (χ1n) is 11.0. The summed E-state index contributed by atoms with van der Waals surface area (Å²) in [6.45, 7) is 2.66. The minimum atomic E-state index is -0.372. The van der Waals surface area contributed by atoms with Crippen molar-refractivity contribution in [1.29, 1.82) is 0 Å². The molecule has 0 aliphatic carbocycles. The molecule has 3 rings (SSSR count). The third-order valence-electron chi connectivity index (χ3n) is 5.58. The van der Waals surface area contributed by atoms with Crippen molar-refractivity contribution in [2.24, 2.45) is 14.1 Å². The highest BCUT2D eigenvalue weighted by Crippen LogP contribution is 2.26. The molecule has 0 spiro atoms. The Bertz CT molecular complexity index is 1150. The van der Waals surface area contributed by atoms with Crippen LogP contribution in [0.1, 0.15) is 57.4 Å². The number of fused-ring (bicyclic) bond motifs is 1. The Labute approximate surface area is 192 Å². The van der Waals surface area contributed by atoms with Gasteiger partial charge in [-0.3, -0.25) is 13.9 Å². The van der Waals surface area contributed by atoms with Crippen molar-refractivity contribution in [1.82, 2.24) is 18.7 Å². The lowest BCUT2D eigenvalue weighted by molar-refractivity contribution is 0.603. The van der Waals surface area contributed by atoms with Gasteiger partial charge in [0, 0.05) is 24.9 Å². The summed E-state index contributed by atoms with van der Waals surface area (Å²) in [6, 6.07) is 7.61. The van der Waals surface area contributed by atoms with E-state index in [9.17, 15) is 9.59 Å². The van der Waals surface area contributed by atoms with Crippen LogP contribution in [-0.4, -0.2) is 24.4 Å². The molecule has 0 aliphatic rings. The van der Waals surface area contributed by atoms with Crippen LogP contribution in [0.5, 0.6) is 0 Å². The quantitative estimate of drug-likeness (QED) is 0.298. The Morgan fingerprint density at radius 3 is 2.35 bits per heavy atom. The molecule has 1 aromatic carbocycles. The van der Waals surface area contributed by atoms with E-state index in [1.165, 1.54) is 50.1 Å². The molecule has 0 aliphatic heterocycles. The first-order chi connectivity index (χ1) is 15.0. The highest BCUT2D eigenvalue weighted by Gasteiger charge is 2.20. The molecular formula is C23H31ClN4O2S. The average molecular weight is 463 g/mol. The number of aromatic nitrogens is 4. The molecule has 0 amide bonds. The maximum absolute atomic E-state index is 13.0.